The second-order valence-corrected chi connectivity index (χ2v) is 7.31. The van der Waals surface area contributed by atoms with Crippen LogP contribution < -0.4 is 5.32 Å². The van der Waals surface area contributed by atoms with Crippen molar-refractivity contribution in [2.75, 3.05) is 11.9 Å². The van der Waals surface area contributed by atoms with Crippen molar-refractivity contribution in [3.05, 3.63) is 41.5 Å². The van der Waals surface area contributed by atoms with Gasteiger partial charge in [-0.3, -0.25) is 24.1 Å². The maximum atomic E-state index is 12.4. The highest BCUT2D eigenvalue weighted by Gasteiger charge is 2.47. The second-order valence-electron chi connectivity index (χ2n) is 7.31. The molecule has 148 valence electrons. The Labute approximate surface area is 163 Å². The number of carbonyl (C=O) groups is 4. The van der Waals surface area contributed by atoms with Crippen molar-refractivity contribution in [3.8, 4) is 0 Å². The van der Waals surface area contributed by atoms with E-state index in [0.717, 1.165) is 16.0 Å². The molecule has 0 saturated carbocycles. The van der Waals surface area contributed by atoms with Gasteiger partial charge in [0.2, 0.25) is 11.8 Å². The molecule has 1 aliphatic carbocycles. The van der Waals surface area contributed by atoms with Gasteiger partial charge >= 0.3 is 5.97 Å². The number of fused-ring (bicyclic) bond motifs is 1. The minimum Gasteiger partial charge on any atom is -0.451 e. The number of nitrogens with zero attached hydrogens (tertiary/aromatic N) is 1. The molecule has 1 heterocycles. The topological polar surface area (TPSA) is 92.8 Å². The normalized spacial score (nSPS) is 22.0. The van der Waals surface area contributed by atoms with Gasteiger partial charge in [0.15, 0.2) is 6.10 Å². The zero-order valence-corrected chi connectivity index (χ0v) is 16.2. The number of nitrogens with one attached hydrogen (secondary N) is 1. The summed E-state index contributed by atoms with van der Waals surface area (Å²) in [4.78, 5) is 50.4. The lowest BCUT2D eigenvalue weighted by Crippen LogP contribution is -2.39. The van der Waals surface area contributed by atoms with Crippen LogP contribution in [0.4, 0.5) is 5.69 Å². The van der Waals surface area contributed by atoms with E-state index >= 15 is 0 Å². The largest absolute Gasteiger partial charge is 0.451 e. The highest BCUT2D eigenvalue weighted by Crippen LogP contribution is 2.34. The summed E-state index contributed by atoms with van der Waals surface area (Å²) in [7, 11) is 0. The first-order valence-electron chi connectivity index (χ1n) is 9.36. The molecule has 0 spiro atoms. The number of imide groups is 1. The smallest absolute Gasteiger partial charge is 0.326 e. The van der Waals surface area contributed by atoms with Crippen molar-refractivity contribution in [2.24, 2.45) is 11.8 Å². The van der Waals surface area contributed by atoms with E-state index in [4.69, 9.17) is 4.74 Å². The van der Waals surface area contributed by atoms with Gasteiger partial charge in [0.1, 0.15) is 6.54 Å². The van der Waals surface area contributed by atoms with Crippen LogP contribution in [0, 0.1) is 25.7 Å². The number of benzene rings is 1. The number of rotatable bonds is 5. The highest BCUT2D eigenvalue weighted by molar-refractivity contribution is 6.07. The van der Waals surface area contributed by atoms with E-state index in [1.807, 2.05) is 44.2 Å². The molecule has 7 nitrogen and oxygen atoms in total. The van der Waals surface area contributed by atoms with Crippen LogP contribution in [0.3, 0.4) is 0 Å². The number of anilines is 1. The first kappa shape index (κ1) is 19.8. The molecule has 1 saturated heterocycles. The summed E-state index contributed by atoms with van der Waals surface area (Å²) in [6.45, 7) is 4.74. The van der Waals surface area contributed by atoms with E-state index in [9.17, 15) is 19.2 Å². The van der Waals surface area contributed by atoms with Crippen LogP contribution in [0.25, 0.3) is 0 Å². The fraction of sp³-hybridized carbons (Fsp3) is 0.429. The number of likely N-dealkylation sites (tertiary alicyclic amines) is 1. The number of para-hydroxylation sites is 1. The van der Waals surface area contributed by atoms with Crippen LogP contribution in [0.15, 0.2) is 30.4 Å². The Morgan fingerprint density at radius 1 is 1.11 bits per heavy atom. The molecule has 3 rings (SSSR count). The zero-order chi connectivity index (χ0) is 20.4. The third-order valence-electron chi connectivity index (χ3n) is 5.29. The van der Waals surface area contributed by atoms with Crippen LogP contribution in [0.2, 0.25) is 0 Å². The van der Waals surface area contributed by atoms with E-state index in [0.29, 0.717) is 18.5 Å². The van der Waals surface area contributed by atoms with Crippen LogP contribution in [0.1, 0.15) is 30.9 Å². The first-order chi connectivity index (χ1) is 13.3. The molecule has 7 heteroatoms. The third-order valence-corrected chi connectivity index (χ3v) is 5.29. The molecule has 1 aromatic rings. The highest BCUT2D eigenvalue weighted by atomic mass is 16.5. The lowest BCUT2D eigenvalue weighted by molar-refractivity contribution is -0.158. The molecule has 3 atom stereocenters. The number of hydrogen-bond donors (Lipinski definition) is 1. The second kappa shape index (κ2) is 7.96. The minimum atomic E-state index is -1.05. The zero-order valence-electron chi connectivity index (χ0n) is 16.2. The molecule has 1 N–H and O–H groups in total. The molecule has 0 unspecified atom stereocenters. The minimum absolute atomic E-state index is 0.344. The Balaban J connectivity index is 1.58. The molecule has 0 bridgehead atoms. The van der Waals surface area contributed by atoms with Gasteiger partial charge in [-0.2, -0.15) is 0 Å². The average molecular weight is 384 g/mol. The molecular weight excluding hydrogens is 360 g/mol. The number of aryl methyl sites for hydroxylation is 2. The van der Waals surface area contributed by atoms with E-state index in [2.05, 4.69) is 5.32 Å². The molecule has 3 amide bonds. The SMILES string of the molecule is Cc1cccc(C)c1NC(=O)[C@@H](C)OC(=O)CN1C(=O)[C@H]2CC=CC[C@@H]2C1=O. The van der Waals surface area contributed by atoms with Crippen molar-refractivity contribution in [1.29, 1.82) is 0 Å². The predicted octanol–water partition coefficient (Wildman–Crippen LogP) is 2.12. The van der Waals surface area contributed by atoms with Gasteiger partial charge in [0, 0.05) is 5.69 Å². The number of esters is 1. The Bertz CT molecular complexity index is 814. The van der Waals surface area contributed by atoms with Crippen molar-refractivity contribution in [3.63, 3.8) is 0 Å². The lowest BCUT2D eigenvalue weighted by atomic mass is 9.85. The maximum Gasteiger partial charge on any atom is 0.326 e. The number of ether oxygens (including phenoxy) is 1. The van der Waals surface area contributed by atoms with Gasteiger partial charge in [-0.25, -0.2) is 0 Å². The summed E-state index contributed by atoms with van der Waals surface area (Å²) < 4.78 is 5.16. The van der Waals surface area contributed by atoms with Gasteiger partial charge in [-0.05, 0) is 44.7 Å². The van der Waals surface area contributed by atoms with Crippen molar-refractivity contribution in [1.82, 2.24) is 4.90 Å². The Hall–Kier alpha value is -2.96. The Kier molecular flexibility index (Phi) is 5.63. The summed E-state index contributed by atoms with van der Waals surface area (Å²) in [5.41, 5.74) is 2.48. The van der Waals surface area contributed by atoms with Gasteiger partial charge in [0.05, 0.1) is 11.8 Å². The van der Waals surface area contributed by atoms with E-state index < -0.39 is 36.4 Å². The Morgan fingerprint density at radius 3 is 2.18 bits per heavy atom. The van der Waals surface area contributed by atoms with Gasteiger partial charge < -0.3 is 10.1 Å². The number of hydrogen-bond acceptors (Lipinski definition) is 5. The van der Waals surface area contributed by atoms with Crippen molar-refractivity contribution >= 4 is 29.4 Å². The maximum absolute atomic E-state index is 12.4. The molecule has 1 aromatic carbocycles. The fourth-order valence-corrected chi connectivity index (χ4v) is 3.68. The summed E-state index contributed by atoms with van der Waals surface area (Å²) >= 11 is 0. The first-order valence-corrected chi connectivity index (χ1v) is 9.36. The summed E-state index contributed by atoms with van der Waals surface area (Å²) in [6, 6.07) is 5.64. The quantitative estimate of drug-likeness (QED) is 0.477. The molecule has 0 radical (unpaired) electrons. The lowest BCUT2D eigenvalue weighted by Gasteiger charge is -2.18. The number of allylic oxidation sites excluding steroid dienone is 2. The van der Waals surface area contributed by atoms with Gasteiger partial charge in [-0.1, -0.05) is 30.4 Å². The third kappa shape index (κ3) is 3.83. The van der Waals surface area contributed by atoms with Crippen LogP contribution in [-0.4, -0.2) is 41.2 Å². The molecule has 1 aliphatic heterocycles. The molecule has 28 heavy (non-hydrogen) atoms. The summed E-state index contributed by atoms with van der Waals surface area (Å²) in [5, 5.41) is 2.76. The average Bonchev–Trinajstić information content (AvgIpc) is 2.90. The van der Waals surface area contributed by atoms with Gasteiger partial charge in [-0.15, -0.1) is 0 Å². The fourth-order valence-electron chi connectivity index (χ4n) is 3.68. The predicted molar refractivity (Wildman–Crippen MR) is 102 cm³/mol. The summed E-state index contributed by atoms with van der Waals surface area (Å²) in [6.07, 6.45) is 3.73. The summed E-state index contributed by atoms with van der Waals surface area (Å²) in [5.74, 6) is -2.72. The number of amides is 3. The van der Waals surface area contributed by atoms with Crippen LogP contribution in [0.5, 0.6) is 0 Å². The van der Waals surface area contributed by atoms with Gasteiger partial charge in [0.25, 0.3) is 5.91 Å². The van der Waals surface area contributed by atoms with E-state index in [1.54, 1.807) is 0 Å². The van der Waals surface area contributed by atoms with Crippen LogP contribution in [-0.2, 0) is 23.9 Å². The van der Waals surface area contributed by atoms with Crippen LogP contribution >= 0.6 is 0 Å². The van der Waals surface area contributed by atoms with E-state index in [1.165, 1.54) is 6.92 Å². The monoisotopic (exact) mass is 384 g/mol. The standard InChI is InChI=1S/C21H24N2O5/c1-12-7-6-8-13(2)18(12)22-19(25)14(3)28-17(24)11-23-20(26)15-9-4-5-10-16(15)21(23)27/h4-8,14-16H,9-11H2,1-3H3,(H,22,25)/t14-,15+,16+/m1/s1. The van der Waals surface area contributed by atoms with Crippen molar-refractivity contribution < 1.29 is 23.9 Å². The molecule has 1 fully saturated rings. The molecule has 0 aromatic heterocycles. The van der Waals surface area contributed by atoms with E-state index in [-0.39, 0.29) is 11.8 Å². The number of carbonyl (C=O) groups excluding carboxylic acids is 4. The van der Waals surface area contributed by atoms with Crippen molar-refractivity contribution in [2.45, 2.75) is 39.7 Å². The molecule has 2 aliphatic rings. The molecular formula is C21H24N2O5. The Morgan fingerprint density at radius 2 is 1.64 bits per heavy atom.